The van der Waals surface area contributed by atoms with E-state index in [4.69, 9.17) is 21.8 Å². The van der Waals surface area contributed by atoms with Gasteiger partial charge in [0.25, 0.3) is 0 Å². The zero-order valence-corrected chi connectivity index (χ0v) is 9.51. The van der Waals surface area contributed by atoms with Gasteiger partial charge in [0.1, 0.15) is 5.52 Å². The molecule has 1 heterocycles. The lowest BCUT2D eigenvalue weighted by molar-refractivity contribution is 0.433. The van der Waals surface area contributed by atoms with Crippen LogP contribution in [0.2, 0.25) is 5.02 Å². The van der Waals surface area contributed by atoms with E-state index in [1.54, 1.807) is 12.1 Å². The molecule has 0 aliphatic rings. The highest BCUT2D eigenvalue weighted by molar-refractivity contribution is 6.31. The summed E-state index contributed by atoms with van der Waals surface area (Å²) < 4.78 is 5.55. The minimum absolute atomic E-state index is 0.315. The number of benzene rings is 1. The average Bonchev–Trinajstić information content (AvgIpc) is 2.42. The Morgan fingerprint density at radius 1 is 1.47 bits per heavy atom. The lowest BCUT2D eigenvalue weighted by atomic mass is 10.0. The monoisotopic (exact) mass is 224 g/mol. The molecule has 1 aromatic heterocycles. The molecule has 2 aromatic rings. The molecule has 0 bridgehead atoms. The summed E-state index contributed by atoms with van der Waals surface area (Å²) in [4.78, 5) is 4.33. The number of nitrogens with two attached hydrogens (primary N) is 1. The highest BCUT2D eigenvalue weighted by Gasteiger charge is 2.16. The van der Waals surface area contributed by atoms with Crippen LogP contribution in [0.1, 0.15) is 19.7 Å². The standard InChI is InChI=1S/C11H13ClN2O/c1-11(2,13)6-10-14-8-5-7(12)3-4-9(8)15-10/h3-5H,6,13H2,1-2H3. The first-order chi connectivity index (χ1) is 6.94. The minimum Gasteiger partial charge on any atom is -0.441 e. The lowest BCUT2D eigenvalue weighted by Gasteiger charge is -2.14. The zero-order valence-electron chi connectivity index (χ0n) is 8.75. The molecular formula is C11H13ClN2O. The average molecular weight is 225 g/mol. The maximum absolute atomic E-state index is 5.89. The van der Waals surface area contributed by atoms with E-state index >= 15 is 0 Å². The molecular weight excluding hydrogens is 212 g/mol. The van der Waals surface area contributed by atoms with Crippen molar-refractivity contribution < 1.29 is 4.42 Å². The van der Waals surface area contributed by atoms with Gasteiger partial charge in [-0.1, -0.05) is 11.6 Å². The third-order valence-electron chi connectivity index (χ3n) is 2.00. The SMILES string of the molecule is CC(C)(N)Cc1nc2cc(Cl)ccc2o1. The van der Waals surface area contributed by atoms with Gasteiger partial charge < -0.3 is 10.2 Å². The summed E-state index contributed by atoms with van der Waals surface area (Å²) in [5.41, 5.74) is 7.11. The van der Waals surface area contributed by atoms with E-state index in [0.717, 1.165) is 11.1 Å². The van der Waals surface area contributed by atoms with Crippen molar-refractivity contribution in [3.63, 3.8) is 0 Å². The number of fused-ring (bicyclic) bond motifs is 1. The lowest BCUT2D eigenvalue weighted by Crippen LogP contribution is -2.34. The zero-order chi connectivity index (χ0) is 11.1. The van der Waals surface area contributed by atoms with E-state index in [2.05, 4.69) is 4.98 Å². The van der Waals surface area contributed by atoms with Crippen LogP contribution in [-0.4, -0.2) is 10.5 Å². The van der Waals surface area contributed by atoms with E-state index in [1.165, 1.54) is 0 Å². The van der Waals surface area contributed by atoms with Gasteiger partial charge in [-0.25, -0.2) is 4.98 Å². The van der Waals surface area contributed by atoms with E-state index in [-0.39, 0.29) is 5.54 Å². The van der Waals surface area contributed by atoms with Crippen molar-refractivity contribution in [1.29, 1.82) is 0 Å². The molecule has 80 valence electrons. The Kier molecular flexibility index (Phi) is 2.44. The highest BCUT2D eigenvalue weighted by Crippen LogP contribution is 2.21. The molecule has 2 rings (SSSR count). The molecule has 15 heavy (non-hydrogen) atoms. The molecule has 1 aromatic carbocycles. The van der Waals surface area contributed by atoms with E-state index in [9.17, 15) is 0 Å². The molecule has 0 saturated carbocycles. The van der Waals surface area contributed by atoms with Crippen LogP contribution in [0.4, 0.5) is 0 Å². The second-order valence-corrected chi connectivity index (χ2v) is 4.82. The summed E-state index contributed by atoms with van der Waals surface area (Å²) in [6, 6.07) is 5.39. The molecule has 0 aliphatic carbocycles. The Bertz CT molecular complexity index is 485. The van der Waals surface area contributed by atoms with Crippen LogP contribution < -0.4 is 5.73 Å². The Morgan fingerprint density at radius 2 is 2.20 bits per heavy atom. The first-order valence-corrected chi connectivity index (χ1v) is 5.16. The number of rotatable bonds is 2. The van der Waals surface area contributed by atoms with E-state index < -0.39 is 0 Å². The Hall–Kier alpha value is -1.06. The van der Waals surface area contributed by atoms with Gasteiger partial charge in [0.05, 0.1) is 0 Å². The summed E-state index contributed by atoms with van der Waals surface area (Å²) in [6.45, 7) is 3.88. The van der Waals surface area contributed by atoms with Gasteiger partial charge in [0, 0.05) is 17.0 Å². The van der Waals surface area contributed by atoms with Gasteiger partial charge in [0.2, 0.25) is 0 Å². The van der Waals surface area contributed by atoms with Gasteiger partial charge >= 0.3 is 0 Å². The van der Waals surface area contributed by atoms with Crippen molar-refractivity contribution in [3.05, 3.63) is 29.1 Å². The van der Waals surface area contributed by atoms with Crippen molar-refractivity contribution in [2.45, 2.75) is 25.8 Å². The van der Waals surface area contributed by atoms with E-state index in [1.807, 2.05) is 19.9 Å². The summed E-state index contributed by atoms with van der Waals surface area (Å²) in [6.07, 6.45) is 0.610. The number of halogens is 1. The van der Waals surface area contributed by atoms with Crippen molar-refractivity contribution in [2.75, 3.05) is 0 Å². The highest BCUT2D eigenvalue weighted by atomic mass is 35.5. The summed E-state index contributed by atoms with van der Waals surface area (Å²) >= 11 is 5.85. The third kappa shape index (κ3) is 2.49. The van der Waals surface area contributed by atoms with Crippen molar-refractivity contribution in [1.82, 2.24) is 4.98 Å². The van der Waals surface area contributed by atoms with Gasteiger partial charge in [-0.3, -0.25) is 0 Å². The van der Waals surface area contributed by atoms with Crippen LogP contribution in [0, 0.1) is 0 Å². The van der Waals surface area contributed by atoms with Gasteiger partial charge in [0.15, 0.2) is 11.5 Å². The smallest absolute Gasteiger partial charge is 0.197 e. The van der Waals surface area contributed by atoms with Crippen LogP contribution in [0.3, 0.4) is 0 Å². The maximum Gasteiger partial charge on any atom is 0.197 e. The number of hydrogen-bond donors (Lipinski definition) is 1. The Labute approximate surface area is 93.2 Å². The topological polar surface area (TPSA) is 52.0 Å². The fourth-order valence-electron chi connectivity index (χ4n) is 1.41. The van der Waals surface area contributed by atoms with Crippen LogP contribution in [-0.2, 0) is 6.42 Å². The third-order valence-corrected chi connectivity index (χ3v) is 2.24. The van der Waals surface area contributed by atoms with Gasteiger partial charge in [-0.15, -0.1) is 0 Å². The number of hydrogen-bond acceptors (Lipinski definition) is 3. The molecule has 4 heteroatoms. The predicted molar refractivity (Wildman–Crippen MR) is 61.0 cm³/mol. The summed E-state index contributed by atoms with van der Waals surface area (Å²) in [7, 11) is 0. The second-order valence-electron chi connectivity index (χ2n) is 4.39. The van der Waals surface area contributed by atoms with Crippen LogP contribution in [0.5, 0.6) is 0 Å². The second kappa shape index (κ2) is 3.51. The van der Waals surface area contributed by atoms with Crippen LogP contribution >= 0.6 is 11.6 Å². The molecule has 0 amide bonds. The van der Waals surface area contributed by atoms with Crippen LogP contribution in [0.25, 0.3) is 11.1 Å². The van der Waals surface area contributed by atoms with E-state index in [0.29, 0.717) is 17.3 Å². The summed E-state index contributed by atoms with van der Waals surface area (Å²) in [5.74, 6) is 0.653. The maximum atomic E-state index is 5.89. The Balaban J connectivity index is 2.39. The number of oxazole rings is 1. The van der Waals surface area contributed by atoms with Gasteiger partial charge in [-0.2, -0.15) is 0 Å². The number of nitrogens with zero attached hydrogens (tertiary/aromatic N) is 1. The minimum atomic E-state index is -0.315. The quantitative estimate of drug-likeness (QED) is 0.854. The molecule has 0 fully saturated rings. The molecule has 3 nitrogen and oxygen atoms in total. The molecule has 0 unspecified atom stereocenters. The molecule has 0 radical (unpaired) electrons. The first-order valence-electron chi connectivity index (χ1n) is 4.78. The number of aromatic nitrogens is 1. The fraction of sp³-hybridized carbons (Fsp3) is 0.364. The van der Waals surface area contributed by atoms with Crippen molar-refractivity contribution in [2.24, 2.45) is 5.73 Å². The molecule has 0 atom stereocenters. The van der Waals surface area contributed by atoms with Crippen LogP contribution in [0.15, 0.2) is 22.6 Å². The summed E-state index contributed by atoms with van der Waals surface area (Å²) in [5, 5.41) is 0.661. The first kappa shape index (κ1) is 10.5. The van der Waals surface area contributed by atoms with Gasteiger partial charge in [-0.05, 0) is 32.0 Å². The molecule has 0 aliphatic heterocycles. The molecule has 0 saturated heterocycles. The molecule has 0 spiro atoms. The normalized spacial score (nSPS) is 12.3. The van der Waals surface area contributed by atoms with Crippen molar-refractivity contribution >= 4 is 22.7 Å². The predicted octanol–water partition coefficient (Wildman–Crippen LogP) is 2.76. The largest absolute Gasteiger partial charge is 0.441 e. The molecule has 2 N–H and O–H groups in total. The Morgan fingerprint density at radius 3 is 2.87 bits per heavy atom. The fourth-order valence-corrected chi connectivity index (χ4v) is 1.58. The van der Waals surface area contributed by atoms with Crippen molar-refractivity contribution in [3.8, 4) is 0 Å².